The fourth-order valence-electron chi connectivity index (χ4n) is 3.59. The van der Waals surface area contributed by atoms with E-state index in [9.17, 15) is 9.18 Å². The van der Waals surface area contributed by atoms with Crippen LogP contribution in [0, 0.1) is 11.2 Å². The Kier molecular flexibility index (Phi) is 2.29. The summed E-state index contributed by atoms with van der Waals surface area (Å²) in [6.07, 6.45) is 2.28. The SMILES string of the molecule is NC(C(=O)O)C12CC(c3ccc(F)c(Cl)c3)(C1)C2. The quantitative estimate of drug-likeness (QED) is 0.885. The van der Waals surface area contributed by atoms with Crippen molar-refractivity contribution in [3.8, 4) is 0 Å². The Morgan fingerprint density at radius 2 is 2.06 bits per heavy atom. The summed E-state index contributed by atoms with van der Waals surface area (Å²) in [7, 11) is 0. The van der Waals surface area contributed by atoms with Crippen molar-refractivity contribution in [2.45, 2.75) is 30.7 Å². The Morgan fingerprint density at radius 1 is 1.44 bits per heavy atom. The summed E-state index contributed by atoms with van der Waals surface area (Å²) in [5.74, 6) is -1.37. The van der Waals surface area contributed by atoms with E-state index < -0.39 is 17.8 Å². The van der Waals surface area contributed by atoms with Crippen molar-refractivity contribution in [1.29, 1.82) is 0 Å². The van der Waals surface area contributed by atoms with E-state index in [0.717, 1.165) is 24.8 Å². The molecule has 1 aromatic carbocycles. The van der Waals surface area contributed by atoms with Gasteiger partial charge in [0.2, 0.25) is 0 Å². The lowest BCUT2D eigenvalue weighted by Crippen LogP contribution is -2.72. The third kappa shape index (κ3) is 1.36. The van der Waals surface area contributed by atoms with Crippen LogP contribution in [0.2, 0.25) is 5.02 Å². The van der Waals surface area contributed by atoms with Gasteiger partial charge in [0.1, 0.15) is 11.9 Å². The monoisotopic (exact) mass is 269 g/mol. The average Bonchev–Trinajstić information content (AvgIpc) is 2.19. The lowest BCUT2D eigenvalue weighted by Gasteiger charge is -2.72. The van der Waals surface area contributed by atoms with Crippen LogP contribution < -0.4 is 5.73 Å². The third-order valence-electron chi connectivity index (χ3n) is 4.53. The van der Waals surface area contributed by atoms with E-state index in [0.29, 0.717) is 0 Å². The molecule has 3 N–H and O–H groups in total. The Bertz CT molecular complexity index is 526. The van der Waals surface area contributed by atoms with Crippen LogP contribution in [0.4, 0.5) is 4.39 Å². The standard InChI is InChI=1S/C13H13ClFNO2/c14-8-3-7(1-2-9(8)15)12-4-13(5-12,6-12)10(16)11(17)18/h1-3,10H,4-6,16H2,(H,17,18). The molecule has 3 fully saturated rings. The maximum atomic E-state index is 13.1. The molecule has 0 aliphatic heterocycles. The van der Waals surface area contributed by atoms with Gasteiger partial charge in [-0.05, 0) is 47.8 Å². The molecule has 5 heteroatoms. The minimum atomic E-state index is -0.944. The first-order valence-electron chi connectivity index (χ1n) is 5.83. The minimum absolute atomic E-state index is 0.0234. The second-order valence-corrected chi connectivity index (χ2v) is 6.03. The van der Waals surface area contributed by atoms with Gasteiger partial charge in [0.15, 0.2) is 0 Å². The maximum Gasteiger partial charge on any atom is 0.321 e. The van der Waals surface area contributed by atoms with Gasteiger partial charge in [0.25, 0.3) is 0 Å². The van der Waals surface area contributed by atoms with Crippen molar-refractivity contribution in [2.75, 3.05) is 0 Å². The van der Waals surface area contributed by atoms with Crippen molar-refractivity contribution in [3.63, 3.8) is 0 Å². The number of halogens is 2. The Morgan fingerprint density at radius 3 is 2.56 bits per heavy atom. The Labute approximate surface area is 109 Å². The summed E-state index contributed by atoms with van der Waals surface area (Å²) in [5.41, 5.74) is 6.41. The van der Waals surface area contributed by atoms with E-state index >= 15 is 0 Å². The van der Waals surface area contributed by atoms with Crippen LogP contribution in [-0.4, -0.2) is 17.1 Å². The first-order valence-corrected chi connectivity index (χ1v) is 6.20. The molecular formula is C13H13ClFNO2. The summed E-state index contributed by atoms with van der Waals surface area (Å²) in [6, 6.07) is 3.94. The topological polar surface area (TPSA) is 63.3 Å². The van der Waals surface area contributed by atoms with Gasteiger partial charge in [-0.2, -0.15) is 0 Å². The van der Waals surface area contributed by atoms with E-state index in [1.165, 1.54) is 6.07 Å². The molecule has 0 aromatic heterocycles. The number of carboxylic acid groups (broad SMARTS) is 1. The van der Waals surface area contributed by atoms with Gasteiger partial charge in [-0.25, -0.2) is 4.39 Å². The smallest absolute Gasteiger partial charge is 0.321 e. The van der Waals surface area contributed by atoms with E-state index in [1.807, 2.05) is 0 Å². The molecule has 3 nitrogen and oxygen atoms in total. The van der Waals surface area contributed by atoms with Gasteiger partial charge in [-0.15, -0.1) is 0 Å². The first kappa shape index (κ1) is 11.9. The number of aliphatic carboxylic acids is 1. The molecule has 4 rings (SSSR count). The lowest BCUT2D eigenvalue weighted by molar-refractivity contribution is -0.178. The number of rotatable bonds is 3. The fraction of sp³-hybridized carbons (Fsp3) is 0.462. The van der Waals surface area contributed by atoms with Crippen molar-refractivity contribution in [1.82, 2.24) is 0 Å². The van der Waals surface area contributed by atoms with Gasteiger partial charge in [0, 0.05) is 0 Å². The molecular weight excluding hydrogens is 257 g/mol. The van der Waals surface area contributed by atoms with Crippen molar-refractivity contribution < 1.29 is 14.3 Å². The molecule has 1 unspecified atom stereocenters. The van der Waals surface area contributed by atoms with Crippen LogP contribution in [0.3, 0.4) is 0 Å². The Hall–Kier alpha value is -1.13. The number of carbonyl (C=O) groups is 1. The van der Waals surface area contributed by atoms with Gasteiger partial charge >= 0.3 is 5.97 Å². The van der Waals surface area contributed by atoms with E-state index in [1.54, 1.807) is 12.1 Å². The van der Waals surface area contributed by atoms with Crippen LogP contribution in [0.5, 0.6) is 0 Å². The fourth-order valence-corrected chi connectivity index (χ4v) is 3.77. The summed E-state index contributed by atoms with van der Waals surface area (Å²) >= 11 is 5.77. The highest BCUT2D eigenvalue weighted by molar-refractivity contribution is 6.30. The second kappa shape index (κ2) is 3.45. The molecule has 0 amide bonds. The minimum Gasteiger partial charge on any atom is -0.480 e. The van der Waals surface area contributed by atoms with Crippen LogP contribution in [0.1, 0.15) is 24.8 Å². The molecule has 0 spiro atoms. The molecule has 1 aromatic rings. The molecule has 2 bridgehead atoms. The predicted octanol–water partition coefficient (Wildman–Crippen LogP) is 2.31. The van der Waals surface area contributed by atoms with Crippen molar-refractivity contribution in [2.24, 2.45) is 11.1 Å². The number of nitrogens with two attached hydrogens (primary N) is 1. The van der Waals surface area contributed by atoms with Crippen LogP contribution in [-0.2, 0) is 10.2 Å². The lowest BCUT2D eigenvalue weighted by atomic mass is 9.31. The molecule has 96 valence electrons. The van der Waals surface area contributed by atoms with Gasteiger partial charge in [-0.3, -0.25) is 4.79 Å². The maximum absolute atomic E-state index is 13.1. The molecule has 0 heterocycles. The zero-order valence-electron chi connectivity index (χ0n) is 9.62. The first-order chi connectivity index (χ1) is 8.39. The van der Waals surface area contributed by atoms with E-state index in [4.69, 9.17) is 22.4 Å². The molecule has 3 aliphatic rings. The zero-order chi connectivity index (χ0) is 13.1. The van der Waals surface area contributed by atoms with Gasteiger partial charge < -0.3 is 10.8 Å². The third-order valence-corrected chi connectivity index (χ3v) is 4.82. The second-order valence-electron chi connectivity index (χ2n) is 5.62. The largest absolute Gasteiger partial charge is 0.480 e. The molecule has 3 aliphatic carbocycles. The van der Waals surface area contributed by atoms with Crippen molar-refractivity contribution in [3.05, 3.63) is 34.6 Å². The summed E-state index contributed by atoms with van der Waals surface area (Å²) in [6.45, 7) is 0. The highest BCUT2D eigenvalue weighted by Crippen LogP contribution is 2.74. The highest BCUT2D eigenvalue weighted by Gasteiger charge is 2.71. The number of carboxylic acids is 1. The van der Waals surface area contributed by atoms with E-state index in [-0.39, 0.29) is 15.9 Å². The molecule has 1 atom stereocenters. The highest BCUT2D eigenvalue weighted by atomic mass is 35.5. The molecule has 0 saturated heterocycles. The zero-order valence-corrected chi connectivity index (χ0v) is 10.4. The van der Waals surface area contributed by atoms with Crippen LogP contribution in [0.25, 0.3) is 0 Å². The number of benzene rings is 1. The van der Waals surface area contributed by atoms with Crippen molar-refractivity contribution >= 4 is 17.6 Å². The molecule has 3 saturated carbocycles. The van der Waals surface area contributed by atoms with E-state index in [2.05, 4.69) is 0 Å². The summed E-state index contributed by atoms with van der Waals surface area (Å²) in [5, 5.41) is 9.07. The Balaban J connectivity index is 1.80. The molecule has 18 heavy (non-hydrogen) atoms. The molecule has 0 radical (unpaired) electrons. The van der Waals surface area contributed by atoms with Gasteiger partial charge in [0.05, 0.1) is 5.02 Å². The average molecular weight is 270 g/mol. The predicted molar refractivity (Wildman–Crippen MR) is 65.0 cm³/mol. The summed E-state index contributed by atoms with van der Waals surface area (Å²) < 4.78 is 13.1. The number of hydrogen-bond acceptors (Lipinski definition) is 2. The van der Waals surface area contributed by atoms with Gasteiger partial charge in [-0.1, -0.05) is 17.7 Å². The normalized spacial score (nSPS) is 34.4. The van der Waals surface area contributed by atoms with Crippen LogP contribution >= 0.6 is 11.6 Å². The number of hydrogen-bond donors (Lipinski definition) is 2. The van der Waals surface area contributed by atoms with Crippen LogP contribution in [0.15, 0.2) is 18.2 Å². The summed E-state index contributed by atoms with van der Waals surface area (Å²) in [4.78, 5) is 10.9.